The summed E-state index contributed by atoms with van der Waals surface area (Å²) in [6, 6.07) is 0. The van der Waals surface area contributed by atoms with Gasteiger partial charge in [-0.05, 0) is 13.1 Å². The van der Waals surface area contributed by atoms with E-state index in [1.165, 1.54) is 4.90 Å². The molecule has 0 rings (SSSR count). The van der Waals surface area contributed by atoms with E-state index in [2.05, 4.69) is 18.7 Å². The second-order valence-electron chi connectivity index (χ2n) is 4.04. The molecule has 0 aliphatic carbocycles. The van der Waals surface area contributed by atoms with Crippen LogP contribution in [0.5, 0.6) is 0 Å². The molecule has 0 saturated heterocycles. The molecule has 0 bridgehead atoms. The summed E-state index contributed by atoms with van der Waals surface area (Å²) in [7, 11) is 1.65. The summed E-state index contributed by atoms with van der Waals surface area (Å²) < 4.78 is 0. The van der Waals surface area contributed by atoms with E-state index in [1.54, 1.807) is 18.8 Å². The van der Waals surface area contributed by atoms with Crippen molar-refractivity contribution in [3.8, 4) is 0 Å². The first-order valence-electron chi connectivity index (χ1n) is 6.27. The predicted octanol–water partition coefficient (Wildman–Crippen LogP) is 0.994. The molecule has 0 heterocycles. The van der Waals surface area contributed by atoms with E-state index in [0.29, 0.717) is 5.75 Å². The highest BCUT2D eigenvalue weighted by atomic mass is 32.2. The molecule has 106 valence electrons. The Bertz CT molecular complexity index is 258. The van der Waals surface area contributed by atoms with E-state index in [1.807, 2.05) is 0 Å². The second kappa shape index (κ2) is 10.2. The van der Waals surface area contributed by atoms with Gasteiger partial charge in [0.15, 0.2) is 0 Å². The van der Waals surface area contributed by atoms with Crippen molar-refractivity contribution in [1.82, 2.24) is 9.80 Å². The molecule has 6 heteroatoms. The van der Waals surface area contributed by atoms with Gasteiger partial charge in [0.05, 0.1) is 12.2 Å². The number of carboxylic acids is 1. The van der Waals surface area contributed by atoms with Gasteiger partial charge in [0.25, 0.3) is 0 Å². The normalized spacial score (nSPS) is 10.7. The molecule has 0 fully saturated rings. The summed E-state index contributed by atoms with van der Waals surface area (Å²) in [6.07, 6.45) is 0.00630. The Kier molecular flexibility index (Phi) is 9.77. The van der Waals surface area contributed by atoms with Gasteiger partial charge in [-0.25, -0.2) is 0 Å². The fourth-order valence-corrected chi connectivity index (χ4v) is 2.32. The number of aliphatic carboxylic acids is 1. The molecule has 0 aromatic carbocycles. The van der Waals surface area contributed by atoms with Crippen LogP contribution in [-0.2, 0) is 9.59 Å². The van der Waals surface area contributed by atoms with Crippen molar-refractivity contribution in [1.29, 1.82) is 0 Å². The Morgan fingerprint density at radius 1 is 1.17 bits per heavy atom. The monoisotopic (exact) mass is 276 g/mol. The molecular weight excluding hydrogens is 252 g/mol. The van der Waals surface area contributed by atoms with Gasteiger partial charge in [-0.1, -0.05) is 13.8 Å². The van der Waals surface area contributed by atoms with Crippen molar-refractivity contribution >= 4 is 23.6 Å². The first-order chi connectivity index (χ1) is 8.51. The average molecular weight is 276 g/mol. The number of hydrogen-bond donors (Lipinski definition) is 1. The van der Waals surface area contributed by atoms with Gasteiger partial charge in [-0.15, -0.1) is 0 Å². The summed E-state index contributed by atoms with van der Waals surface area (Å²) >= 11 is 1.60. The van der Waals surface area contributed by atoms with Crippen molar-refractivity contribution in [3.63, 3.8) is 0 Å². The van der Waals surface area contributed by atoms with Gasteiger partial charge in [-0.3, -0.25) is 9.59 Å². The lowest BCUT2D eigenvalue weighted by molar-refractivity contribution is -0.137. The van der Waals surface area contributed by atoms with Crippen LogP contribution in [0.15, 0.2) is 0 Å². The quantitative estimate of drug-likeness (QED) is 0.603. The number of carbonyl (C=O) groups excluding carboxylic acids is 1. The SMILES string of the molecule is CCN(CC)CCSCC(=O)N(C)CCC(=O)O. The molecule has 0 aliphatic rings. The summed E-state index contributed by atoms with van der Waals surface area (Å²) in [5, 5.41) is 8.52. The number of thioether (sulfide) groups is 1. The summed E-state index contributed by atoms with van der Waals surface area (Å²) in [6.45, 7) is 7.58. The number of carboxylic acid groups (broad SMARTS) is 1. The molecule has 0 saturated carbocycles. The van der Waals surface area contributed by atoms with Crippen LogP contribution < -0.4 is 0 Å². The maximum absolute atomic E-state index is 11.6. The van der Waals surface area contributed by atoms with E-state index in [4.69, 9.17) is 5.11 Å². The van der Waals surface area contributed by atoms with E-state index < -0.39 is 5.97 Å². The lowest BCUT2D eigenvalue weighted by Crippen LogP contribution is -2.31. The molecule has 0 aliphatic heterocycles. The summed E-state index contributed by atoms with van der Waals surface area (Å²) in [5.74, 6) is 0.488. The van der Waals surface area contributed by atoms with Crippen LogP contribution in [0.25, 0.3) is 0 Å². The molecule has 1 amide bonds. The molecule has 5 nitrogen and oxygen atoms in total. The van der Waals surface area contributed by atoms with Crippen molar-refractivity contribution < 1.29 is 14.7 Å². The molecule has 0 unspecified atom stereocenters. The third-order valence-electron chi connectivity index (χ3n) is 2.76. The molecule has 0 radical (unpaired) electrons. The van der Waals surface area contributed by atoms with E-state index in [9.17, 15) is 9.59 Å². The fourth-order valence-electron chi connectivity index (χ4n) is 1.39. The molecule has 0 aromatic heterocycles. The number of hydrogen-bond acceptors (Lipinski definition) is 4. The maximum Gasteiger partial charge on any atom is 0.305 e. The zero-order valence-corrected chi connectivity index (χ0v) is 12.3. The van der Waals surface area contributed by atoms with Gasteiger partial charge in [0.2, 0.25) is 5.91 Å². The van der Waals surface area contributed by atoms with Crippen LogP contribution in [0.4, 0.5) is 0 Å². The summed E-state index contributed by atoms with van der Waals surface area (Å²) in [5.41, 5.74) is 0. The molecular formula is C12H24N2O3S. The van der Waals surface area contributed by atoms with E-state index in [0.717, 1.165) is 25.4 Å². The van der Waals surface area contributed by atoms with E-state index >= 15 is 0 Å². The molecule has 0 spiro atoms. The van der Waals surface area contributed by atoms with Crippen LogP contribution in [0.1, 0.15) is 20.3 Å². The Morgan fingerprint density at radius 3 is 2.28 bits per heavy atom. The zero-order valence-electron chi connectivity index (χ0n) is 11.5. The van der Waals surface area contributed by atoms with Gasteiger partial charge in [0.1, 0.15) is 0 Å². The number of rotatable bonds is 10. The van der Waals surface area contributed by atoms with E-state index in [-0.39, 0.29) is 18.9 Å². The minimum atomic E-state index is -0.871. The number of nitrogens with zero attached hydrogens (tertiary/aromatic N) is 2. The second-order valence-corrected chi connectivity index (χ2v) is 5.14. The van der Waals surface area contributed by atoms with Crippen molar-refractivity contribution in [3.05, 3.63) is 0 Å². The van der Waals surface area contributed by atoms with Crippen LogP contribution >= 0.6 is 11.8 Å². The minimum Gasteiger partial charge on any atom is -0.481 e. The van der Waals surface area contributed by atoms with Gasteiger partial charge in [0, 0.05) is 25.9 Å². The standard InChI is InChI=1S/C12H24N2O3S/c1-4-14(5-2)8-9-18-10-11(15)13(3)7-6-12(16)17/h4-10H2,1-3H3,(H,16,17). The molecule has 1 N–H and O–H groups in total. The highest BCUT2D eigenvalue weighted by molar-refractivity contribution is 7.99. The Balaban J connectivity index is 3.66. The van der Waals surface area contributed by atoms with Crippen molar-refractivity contribution in [2.45, 2.75) is 20.3 Å². The number of amides is 1. The fraction of sp³-hybridized carbons (Fsp3) is 0.833. The lowest BCUT2D eigenvalue weighted by atomic mass is 10.4. The highest BCUT2D eigenvalue weighted by Crippen LogP contribution is 2.03. The molecule has 0 atom stereocenters. The third-order valence-corrected chi connectivity index (χ3v) is 3.68. The number of carbonyl (C=O) groups is 2. The van der Waals surface area contributed by atoms with Crippen LogP contribution in [-0.4, -0.2) is 71.5 Å². The van der Waals surface area contributed by atoms with Gasteiger partial charge < -0.3 is 14.9 Å². The van der Waals surface area contributed by atoms with Gasteiger partial charge >= 0.3 is 5.97 Å². The molecule has 18 heavy (non-hydrogen) atoms. The predicted molar refractivity (Wildman–Crippen MR) is 75.0 cm³/mol. The Labute approximate surface area is 114 Å². The lowest BCUT2D eigenvalue weighted by Gasteiger charge is -2.18. The summed E-state index contributed by atoms with van der Waals surface area (Å²) in [4.78, 5) is 25.8. The smallest absolute Gasteiger partial charge is 0.305 e. The van der Waals surface area contributed by atoms with Crippen LogP contribution in [0, 0.1) is 0 Å². The topological polar surface area (TPSA) is 60.9 Å². The Hall–Kier alpha value is -0.750. The van der Waals surface area contributed by atoms with Crippen molar-refractivity contribution in [2.24, 2.45) is 0 Å². The molecule has 0 aromatic rings. The highest BCUT2D eigenvalue weighted by Gasteiger charge is 2.10. The van der Waals surface area contributed by atoms with Crippen LogP contribution in [0.3, 0.4) is 0 Å². The van der Waals surface area contributed by atoms with Crippen molar-refractivity contribution in [2.75, 3.05) is 44.7 Å². The Morgan fingerprint density at radius 2 is 1.78 bits per heavy atom. The average Bonchev–Trinajstić information content (AvgIpc) is 2.35. The van der Waals surface area contributed by atoms with Gasteiger partial charge in [-0.2, -0.15) is 11.8 Å². The zero-order chi connectivity index (χ0) is 14.0. The minimum absolute atomic E-state index is 0.000738. The van der Waals surface area contributed by atoms with Crippen LogP contribution in [0.2, 0.25) is 0 Å². The largest absolute Gasteiger partial charge is 0.481 e. The third kappa shape index (κ3) is 8.36. The first-order valence-corrected chi connectivity index (χ1v) is 7.42. The first kappa shape index (κ1) is 17.2. The maximum atomic E-state index is 11.6.